The van der Waals surface area contributed by atoms with Gasteiger partial charge in [-0.05, 0) is 49.1 Å². The smallest absolute Gasteiger partial charge is 0.137 e. The number of hydrogen-bond donors (Lipinski definition) is 0. The summed E-state index contributed by atoms with van der Waals surface area (Å²) in [7, 11) is 4.67. The van der Waals surface area contributed by atoms with E-state index < -0.39 is 0 Å². The van der Waals surface area contributed by atoms with Gasteiger partial charge in [0, 0.05) is 12.8 Å². The third kappa shape index (κ3) is 19.8. The van der Waals surface area contributed by atoms with E-state index in [0.717, 1.165) is 29.9 Å². The van der Waals surface area contributed by atoms with Crippen molar-refractivity contribution in [3.63, 3.8) is 0 Å². The fraction of sp³-hybridized carbons (Fsp3) is 0.788. The molecule has 1 aromatic rings. The van der Waals surface area contributed by atoms with Crippen molar-refractivity contribution in [1.29, 1.82) is 0 Å². The van der Waals surface area contributed by atoms with Crippen molar-refractivity contribution in [3.05, 3.63) is 29.8 Å². The zero-order valence-corrected chi connectivity index (χ0v) is 24.7. The van der Waals surface area contributed by atoms with Crippen LogP contribution in [-0.2, 0) is 0 Å². The number of benzene rings is 1. The first-order valence-corrected chi connectivity index (χ1v) is 15.6. The minimum absolute atomic E-state index is 0.774. The Bertz CT molecular complexity index is 623. The summed E-state index contributed by atoms with van der Waals surface area (Å²) >= 11 is 0. The summed E-state index contributed by atoms with van der Waals surface area (Å²) < 4.78 is 7.08. The highest BCUT2D eigenvalue weighted by atomic mass is 16.5. The Balaban J connectivity index is 2.06. The first kappa shape index (κ1) is 32.7. The highest BCUT2D eigenvalue weighted by Gasteiger charge is 2.14. The van der Waals surface area contributed by atoms with Crippen LogP contribution in [0, 0.1) is 0 Å². The molecule has 36 heavy (non-hydrogen) atoms. The first-order chi connectivity index (χ1) is 17.6. The third-order valence-corrected chi connectivity index (χ3v) is 7.34. The number of likely N-dealkylation sites (N-methyl/N-ethyl adjacent to an activating group) is 1. The Hall–Kier alpha value is -1.35. The molecule has 0 radical (unpaired) electrons. The van der Waals surface area contributed by atoms with Crippen LogP contribution >= 0.6 is 0 Å². The molecule has 0 atom stereocenters. The van der Waals surface area contributed by atoms with Gasteiger partial charge in [-0.15, -0.1) is 0 Å². The summed E-state index contributed by atoms with van der Waals surface area (Å²) in [5.74, 6) is 0.967. The quantitative estimate of drug-likeness (QED) is 0.0742. The summed E-state index contributed by atoms with van der Waals surface area (Å²) in [4.78, 5) is 4.61. The number of unbranched alkanes of at least 4 members (excludes halogenated alkanes) is 16. The number of aliphatic imine (C=N–C) groups is 1. The molecule has 0 N–H and O–H groups in total. The molecule has 3 nitrogen and oxygen atoms in total. The number of nitrogens with zero attached hydrogens (tertiary/aromatic N) is 2. The molecule has 0 amide bonds. The molecule has 0 heterocycles. The number of quaternary nitrogens is 1. The van der Waals surface area contributed by atoms with E-state index in [1.54, 1.807) is 0 Å². The van der Waals surface area contributed by atoms with Crippen molar-refractivity contribution in [3.8, 4) is 5.75 Å². The zero-order chi connectivity index (χ0) is 26.2. The average molecular weight is 502 g/mol. The lowest BCUT2D eigenvalue weighted by atomic mass is 10.1. The van der Waals surface area contributed by atoms with Crippen LogP contribution in [0.5, 0.6) is 5.75 Å². The van der Waals surface area contributed by atoms with E-state index in [4.69, 9.17) is 4.74 Å². The molecule has 0 aliphatic rings. The molecular weight excluding hydrogens is 440 g/mol. The lowest BCUT2D eigenvalue weighted by molar-refractivity contribution is -0.890. The molecule has 1 aromatic carbocycles. The summed E-state index contributed by atoms with van der Waals surface area (Å²) in [6, 6.07) is 8.41. The fourth-order valence-corrected chi connectivity index (χ4v) is 4.71. The van der Waals surface area contributed by atoms with Gasteiger partial charge in [-0.3, -0.25) is 4.99 Å². The van der Waals surface area contributed by atoms with Gasteiger partial charge in [-0.1, -0.05) is 110 Å². The standard InChI is InChI=1S/C33H61N2O/c1-5-7-9-11-13-15-16-18-20-22-28-35(3,4)29-30-36-33-25-23-32(24-26-33)31-34-27-21-19-17-14-12-10-8-6-2/h23-26,31H,5-22,27-30H2,1-4H3/q+1. The van der Waals surface area contributed by atoms with Crippen LogP contribution in [0.2, 0.25) is 0 Å². The molecule has 0 bridgehead atoms. The van der Waals surface area contributed by atoms with Crippen LogP contribution in [0.4, 0.5) is 0 Å². The molecule has 208 valence electrons. The van der Waals surface area contributed by atoms with Gasteiger partial charge < -0.3 is 9.22 Å². The average Bonchev–Trinajstić information content (AvgIpc) is 2.87. The van der Waals surface area contributed by atoms with E-state index in [1.807, 2.05) is 6.21 Å². The topological polar surface area (TPSA) is 21.6 Å². The van der Waals surface area contributed by atoms with Crippen molar-refractivity contribution in [2.45, 2.75) is 129 Å². The van der Waals surface area contributed by atoms with Gasteiger partial charge in [0.2, 0.25) is 0 Å². The van der Waals surface area contributed by atoms with Gasteiger partial charge in [-0.2, -0.15) is 0 Å². The van der Waals surface area contributed by atoms with Gasteiger partial charge in [0.15, 0.2) is 0 Å². The summed E-state index contributed by atoms with van der Waals surface area (Å²) in [6.07, 6.45) is 26.8. The normalized spacial score (nSPS) is 12.0. The van der Waals surface area contributed by atoms with E-state index in [9.17, 15) is 0 Å². The van der Waals surface area contributed by atoms with E-state index in [1.165, 1.54) is 128 Å². The van der Waals surface area contributed by atoms with Crippen molar-refractivity contribution in [2.24, 2.45) is 4.99 Å². The maximum Gasteiger partial charge on any atom is 0.137 e. The minimum atomic E-state index is 0.774. The number of rotatable bonds is 25. The molecule has 0 saturated carbocycles. The Morgan fingerprint density at radius 1 is 0.611 bits per heavy atom. The maximum absolute atomic E-state index is 6.04. The molecule has 3 heteroatoms. The highest BCUT2D eigenvalue weighted by Crippen LogP contribution is 2.14. The predicted octanol–water partition coefficient (Wildman–Crippen LogP) is 9.62. The van der Waals surface area contributed by atoms with Gasteiger partial charge in [0.25, 0.3) is 0 Å². The number of hydrogen-bond acceptors (Lipinski definition) is 2. The molecule has 0 aliphatic heterocycles. The summed E-state index contributed by atoms with van der Waals surface area (Å²) in [5.41, 5.74) is 1.17. The second-order valence-electron chi connectivity index (χ2n) is 11.5. The van der Waals surface area contributed by atoms with E-state index in [2.05, 4.69) is 57.2 Å². The van der Waals surface area contributed by atoms with Gasteiger partial charge in [0.05, 0.1) is 20.6 Å². The lowest BCUT2D eigenvalue weighted by Crippen LogP contribution is -2.43. The molecule has 0 fully saturated rings. The molecular formula is C33H61N2O+. The van der Waals surface area contributed by atoms with Crippen molar-refractivity contribution in [1.82, 2.24) is 0 Å². The lowest BCUT2D eigenvalue weighted by Gasteiger charge is -2.29. The Morgan fingerprint density at radius 2 is 1.08 bits per heavy atom. The molecule has 0 aliphatic carbocycles. The van der Waals surface area contributed by atoms with Gasteiger partial charge in [0.1, 0.15) is 18.9 Å². The molecule has 1 rings (SSSR count). The summed E-state index contributed by atoms with van der Waals surface area (Å²) in [5, 5.41) is 0. The number of ether oxygens (including phenoxy) is 1. The minimum Gasteiger partial charge on any atom is -0.488 e. The van der Waals surface area contributed by atoms with Crippen LogP contribution in [0.15, 0.2) is 29.3 Å². The van der Waals surface area contributed by atoms with Crippen LogP contribution in [0.1, 0.15) is 135 Å². The van der Waals surface area contributed by atoms with Gasteiger partial charge >= 0.3 is 0 Å². The first-order valence-electron chi connectivity index (χ1n) is 15.6. The van der Waals surface area contributed by atoms with Crippen LogP contribution in [-0.4, -0.2) is 51.0 Å². The largest absolute Gasteiger partial charge is 0.488 e. The van der Waals surface area contributed by atoms with Gasteiger partial charge in [-0.25, -0.2) is 0 Å². The summed E-state index contributed by atoms with van der Waals surface area (Å²) in [6.45, 7) is 8.59. The van der Waals surface area contributed by atoms with Crippen LogP contribution in [0.3, 0.4) is 0 Å². The zero-order valence-electron chi connectivity index (χ0n) is 24.7. The third-order valence-electron chi connectivity index (χ3n) is 7.34. The second kappa shape index (κ2) is 22.8. The van der Waals surface area contributed by atoms with Crippen molar-refractivity contribution < 1.29 is 9.22 Å². The second-order valence-corrected chi connectivity index (χ2v) is 11.5. The van der Waals surface area contributed by atoms with Crippen LogP contribution in [0.25, 0.3) is 0 Å². The van der Waals surface area contributed by atoms with E-state index in [0.29, 0.717) is 0 Å². The molecule has 0 aromatic heterocycles. The van der Waals surface area contributed by atoms with E-state index in [-0.39, 0.29) is 0 Å². The van der Waals surface area contributed by atoms with Crippen molar-refractivity contribution >= 4 is 6.21 Å². The molecule has 0 saturated heterocycles. The van der Waals surface area contributed by atoms with E-state index >= 15 is 0 Å². The maximum atomic E-state index is 6.04. The van der Waals surface area contributed by atoms with Crippen LogP contribution < -0.4 is 4.74 Å². The molecule has 0 unspecified atom stereocenters. The SMILES string of the molecule is CCCCCCCCCCCC[N+](C)(C)CCOc1ccc(C=NCCCCCCCCCC)cc1. The Labute approximate surface area is 225 Å². The monoisotopic (exact) mass is 501 g/mol. The molecule has 0 spiro atoms. The van der Waals surface area contributed by atoms with Crippen molar-refractivity contribution in [2.75, 3.05) is 40.3 Å². The Kier molecular flexibility index (Phi) is 20.7. The fourth-order valence-electron chi connectivity index (χ4n) is 4.71. The predicted molar refractivity (Wildman–Crippen MR) is 161 cm³/mol. The Morgan fingerprint density at radius 3 is 1.61 bits per heavy atom. The highest BCUT2D eigenvalue weighted by molar-refractivity contribution is 5.79.